The molecule has 0 atom stereocenters. The van der Waals surface area contributed by atoms with Crippen molar-refractivity contribution in [1.29, 1.82) is 0 Å². The Bertz CT molecular complexity index is 395. The summed E-state index contributed by atoms with van der Waals surface area (Å²) in [4.78, 5) is 2.28. The molecule has 84 valence electrons. The summed E-state index contributed by atoms with van der Waals surface area (Å²) in [5.41, 5.74) is 6.59. The second-order valence-electron chi connectivity index (χ2n) is 3.99. The molecular weight excluding hydrogens is 198 g/mol. The summed E-state index contributed by atoms with van der Waals surface area (Å²) in [6.45, 7) is 9.31. The van der Waals surface area contributed by atoms with Gasteiger partial charge in [-0.1, -0.05) is 36.4 Å². The normalized spacial score (nSPS) is 15.7. The van der Waals surface area contributed by atoms with E-state index in [1.807, 2.05) is 0 Å². The fraction of sp³-hybridized carbons (Fsp3) is 0.357. The molecule has 0 spiro atoms. The molecule has 0 aliphatic carbocycles. The van der Waals surface area contributed by atoms with Crippen LogP contribution in [0.5, 0.6) is 0 Å². The fourth-order valence-corrected chi connectivity index (χ4v) is 1.89. The van der Waals surface area contributed by atoms with Gasteiger partial charge in [0, 0.05) is 18.7 Å². The molecule has 1 aliphatic heterocycles. The molecule has 2 heteroatoms. The third kappa shape index (κ3) is 2.35. The Labute approximate surface area is 96.8 Å². The number of nitrogens with zero attached hydrogens (tertiary/aromatic N) is 1. The molecule has 0 unspecified atom stereocenters. The maximum absolute atomic E-state index is 5.35. The molecule has 0 amide bonds. The molecule has 0 bridgehead atoms. The first-order valence-electron chi connectivity index (χ1n) is 5.61. The van der Waals surface area contributed by atoms with Crippen LogP contribution in [0.1, 0.15) is 11.1 Å². The highest BCUT2D eigenvalue weighted by Crippen LogP contribution is 2.19. The molecule has 16 heavy (non-hydrogen) atoms. The van der Waals surface area contributed by atoms with Gasteiger partial charge >= 0.3 is 0 Å². The minimum atomic E-state index is 0.789. The standard InChI is InChI=1S/C14H17NO/c1-3-14(15-8-10-16-11-9-15)13-6-4-12(2)5-7-13/h4-7H,1,8-11H2,2H3. The number of ether oxygens (including phenoxy) is 1. The Morgan fingerprint density at radius 3 is 2.44 bits per heavy atom. The topological polar surface area (TPSA) is 12.5 Å². The molecule has 1 heterocycles. The molecular formula is C14H17NO. The van der Waals surface area contributed by atoms with Crippen molar-refractivity contribution in [2.75, 3.05) is 26.3 Å². The monoisotopic (exact) mass is 215 g/mol. The van der Waals surface area contributed by atoms with Gasteiger partial charge in [0.25, 0.3) is 0 Å². The van der Waals surface area contributed by atoms with Gasteiger partial charge in [0.15, 0.2) is 0 Å². The van der Waals surface area contributed by atoms with E-state index in [1.54, 1.807) is 0 Å². The lowest BCUT2D eigenvalue weighted by Gasteiger charge is -2.30. The molecule has 1 fully saturated rings. The molecule has 1 aromatic carbocycles. The SMILES string of the molecule is C=C=C(c1ccc(C)cc1)N1CCOCC1. The van der Waals surface area contributed by atoms with E-state index < -0.39 is 0 Å². The average Bonchev–Trinajstić information content (AvgIpc) is 2.34. The molecule has 1 saturated heterocycles. The van der Waals surface area contributed by atoms with Gasteiger partial charge in [0.1, 0.15) is 0 Å². The highest BCUT2D eigenvalue weighted by molar-refractivity contribution is 5.63. The number of hydrogen-bond acceptors (Lipinski definition) is 2. The van der Waals surface area contributed by atoms with Gasteiger partial charge in [-0.3, -0.25) is 0 Å². The van der Waals surface area contributed by atoms with Crippen LogP contribution in [-0.4, -0.2) is 31.2 Å². The van der Waals surface area contributed by atoms with Crippen molar-refractivity contribution in [3.63, 3.8) is 0 Å². The zero-order valence-corrected chi connectivity index (χ0v) is 9.70. The summed E-state index contributed by atoms with van der Waals surface area (Å²) in [6.07, 6.45) is 0. The number of rotatable bonds is 2. The van der Waals surface area contributed by atoms with Gasteiger partial charge in [0.05, 0.1) is 18.9 Å². The Balaban J connectivity index is 2.22. The number of hydrogen-bond donors (Lipinski definition) is 0. The van der Waals surface area contributed by atoms with Crippen molar-refractivity contribution in [2.45, 2.75) is 6.92 Å². The van der Waals surface area contributed by atoms with Gasteiger partial charge in [-0.25, -0.2) is 0 Å². The van der Waals surface area contributed by atoms with Gasteiger partial charge < -0.3 is 9.64 Å². The van der Waals surface area contributed by atoms with Crippen LogP contribution >= 0.6 is 0 Å². The van der Waals surface area contributed by atoms with Crippen molar-refractivity contribution in [3.8, 4) is 0 Å². The summed E-state index contributed by atoms with van der Waals surface area (Å²) in [5, 5.41) is 0. The Hall–Kier alpha value is -1.50. The largest absolute Gasteiger partial charge is 0.378 e. The Kier molecular flexibility index (Phi) is 3.45. The zero-order chi connectivity index (χ0) is 11.4. The Morgan fingerprint density at radius 1 is 1.25 bits per heavy atom. The van der Waals surface area contributed by atoms with E-state index in [9.17, 15) is 0 Å². The van der Waals surface area contributed by atoms with E-state index in [-0.39, 0.29) is 0 Å². The Morgan fingerprint density at radius 2 is 1.88 bits per heavy atom. The van der Waals surface area contributed by atoms with Crippen LogP contribution in [0.25, 0.3) is 5.70 Å². The van der Waals surface area contributed by atoms with Crippen LogP contribution in [0.2, 0.25) is 0 Å². The van der Waals surface area contributed by atoms with Crippen molar-refractivity contribution < 1.29 is 4.74 Å². The van der Waals surface area contributed by atoms with E-state index in [0.717, 1.165) is 32.0 Å². The minimum Gasteiger partial charge on any atom is -0.378 e. The van der Waals surface area contributed by atoms with Crippen molar-refractivity contribution in [3.05, 3.63) is 47.7 Å². The first-order chi connectivity index (χ1) is 7.81. The highest BCUT2D eigenvalue weighted by Gasteiger charge is 2.14. The molecule has 2 rings (SSSR count). The molecule has 0 radical (unpaired) electrons. The van der Waals surface area contributed by atoms with E-state index in [1.165, 1.54) is 11.1 Å². The number of benzene rings is 1. The van der Waals surface area contributed by atoms with Crippen molar-refractivity contribution >= 4 is 5.70 Å². The molecule has 0 N–H and O–H groups in total. The first kappa shape index (κ1) is 11.0. The van der Waals surface area contributed by atoms with Crippen LogP contribution in [0.15, 0.2) is 36.6 Å². The fourth-order valence-electron chi connectivity index (χ4n) is 1.89. The number of aryl methyl sites for hydroxylation is 1. The van der Waals surface area contributed by atoms with Crippen LogP contribution in [0, 0.1) is 6.92 Å². The first-order valence-corrected chi connectivity index (χ1v) is 5.61. The molecule has 0 aromatic heterocycles. The van der Waals surface area contributed by atoms with Crippen LogP contribution in [-0.2, 0) is 4.74 Å². The predicted octanol–water partition coefficient (Wildman–Crippen LogP) is 2.45. The van der Waals surface area contributed by atoms with E-state index >= 15 is 0 Å². The molecule has 1 aliphatic rings. The predicted molar refractivity (Wildman–Crippen MR) is 66.1 cm³/mol. The highest BCUT2D eigenvalue weighted by atomic mass is 16.5. The van der Waals surface area contributed by atoms with Gasteiger partial charge in [-0.05, 0) is 6.92 Å². The average molecular weight is 215 g/mol. The van der Waals surface area contributed by atoms with E-state index in [2.05, 4.69) is 48.4 Å². The van der Waals surface area contributed by atoms with Crippen LogP contribution in [0.3, 0.4) is 0 Å². The lowest BCUT2D eigenvalue weighted by molar-refractivity contribution is 0.0640. The lowest BCUT2D eigenvalue weighted by Crippen LogP contribution is -2.34. The second-order valence-corrected chi connectivity index (χ2v) is 3.99. The maximum atomic E-state index is 5.35. The van der Waals surface area contributed by atoms with Gasteiger partial charge in [-0.15, -0.1) is 5.73 Å². The smallest absolute Gasteiger partial charge is 0.0868 e. The zero-order valence-electron chi connectivity index (χ0n) is 9.70. The summed E-state index contributed by atoms with van der Waals surface area (Å²) in [6, 6.07) is 8.48. The molecule has 0 saturated carbocycles. The summed E-state index contributed by atoms with van der Waals surface area (Å²) < 4.78 is 5.35. The summed E-state index contributed by atoms with van der Waals surface area (Å²) in [7, 11) is 0. The van der Waals surface area contributed by atoms with E-state index in [4.69, 9.17) is 4.74 Å². The van der Waals surface area contributed by atoms with Gasteiger partial charge in [0.2, 0.25) is 0 Å². The maximum Gasteiger partial charge on any atom is 0.0868 e. The third-order valence-corrected chi connectivity index (χ3v) is 2.82. The molecule has 1 aromatic rings. The van der Waals surface area contributed by atoms with Crippen molar-refractivity contribution in [1.82, 2.24) is 4.90 Å². The van der Waals surface area contributed by atoms with Crippen LogP contribution in [0.4, 0.5) is 0 Å². The second kappa shape index (κ2) is 5.02. The minimum absolute atomic E-state index is 0.789. The summed E-state index contributed by atoms with van der Waals surface area (Å²) >= 11 is 0. The van der Waals surface area contributed by atoms with E-state index in [0.29, 0.717) is 0 Å². The molecule has 2 nitrogen and oxygen atoms in total. The van der Waals surface area contributed by atoms with Crippen LogP contribution < -0.4 is 0 Å². The number of morpholine rings is 1. The summed E-state index contributed by atoms with van der Waals surface area (Å²) in [5.74, 6) is 0. The third-order valence-electron chi connectivity index (χ3n) is 2.82. The van der Waals surface area contributed by atoms with Crippen molar-refractivity contribution in [2.24, 2.45) is 0 Å². The quantitative estimate of drug-likeness (QED) is 0.703. The lowest BCUT2D eigenvalue weighted by atomic mass is 10.1. The van der Waals surface area contributed by atoms with Gasteiger partial charge in [-0.2, -0.15) is 0 Å².